The summed E-state index contributed by atoms with van der Waals surface area (Å²) in [7, 11) is 0. The Morgan fingerprint density at radius 2 is 2.04 bits per heavy atom. The summed E-state index contributed by atoms with van der Waals surface area (Å²) in [6, 6.07) is 10.1. The van der Waals surface area contributed by atoms with E-state index in [-0.39, 0.29) is 24.3 Å². The molecule has 3 rings (SSSR count). The Morgan fingerprint density at radius 3 is 2.79 bits per heavy atom. The number of benzene rings is 1. The predicted octanol–water partition coefficient (Wildman–Crippen LogP) is 3.01. The summed E-state index contributed by atoms with van der Waals surface area (Å²) in [5, 5.41) is 2.96. The highest BCUT2D eigenvalue weighted by Gasteiger charge is 2.31. The van der Waals surface area contributed by atoms with E-state index in [9.17, 15) is 9.59 Å². The average molecular weight is 326 g/mol. The van der Waals surface area contributed by atoms with E-state index in [1.54, 1.807) is 4.90 Å². The first-order chi connectivity index (χ1) is 11.7. The monoisotopic (exact) mass is 326 g/mol. The van der Waals surface area contributed by atoms with Crippen molar-refractivity contribution in [1.82, 2.24) is 10.2 Å². The molecule has 1 atom stereocenters. The molecule has 1 aromatic rings. The molecule has 1 aromatic carbocycles. The summed E-state index contributed by atoms with van der Waals surface area (Å²) in [4.78, 5) is 25.9. The van der Waals surface area contributed by atoms with E-state index in [0.29, 0.717) is 19.5 Å². The minimum Gasteiger partial charge on any atom is -0.354 e. The normalized spacial score (nSPS) is 20.8. The fourth-order valence-corrected chi connectivity index (χ4v) is 3.60. The fraction of sp³-hybridized carbons (Fsp3) is 0.500. The van der Waals surface area contributed by atoms with Gasteiger partial charge >= 0.3 is 0 Å². The number of hydrogen-bond donors (Lipinski definition) is 1. The zero-order valence-corrected chi connectivity index (χ0v) is 14.2. The zero-order chi connectivity index (χ0) is 16.8. The van der Waals surface area contributed by atoms with E-state index < -0.39 is 0 Å². The Hall–Kier alpha value is -2.10. The van der Waals surface area contributed by atoms with Crippen LogP contribution in [-0.2, 0) is 9.59 Å². The van der Waals surface area contributed by atoms with Crippen LogP contribution in [0.2, 0.25) is 0 Å². The number of nitrogens with one attached hydrogen (secondary N) is 1. The van der Waals surface area contributed by atoms with E-state index in [1.807, 2.05) is 18.2 Å². The summed E-state index contributed by atoms with van der Waals surface area (Å²) < 4.78 is 0. The Morgan fingerprint density at radius 1 is 1.21 bits per heavy atom. The number of amides is 2. The molecule has 4 nitrogen and oxygen atoms in total. The lowest BCUT2D eigenvalue weighted by molar-refractivity contribution is -0.133. The van der Waals surface area contributed by atoms with Crippen LogP contribution in [0, 0.1) is 0 Å². The summed E-state index contributed by atoms with van der Waals surface area (Å²) in [5.41, 5.74) is 2.64. The van der Waals surface area contributed by atoms with Crippen LogP contribution in [0.5, 0.6) is 0 Å². The summed E-state index contributed by atoms with van der Waals surface area (Å²) >= 11 is 0. The lowest BCUT2D eigenvalue weighted by Gasteiger charge is -2.17. The Balaban J connectivity index is 1.43. The number of rotatable bonds is 6. The number of carbonyl (C=O) groups excluding carboxylic acids is 2. The van der Waals surface area contributed by atoms with Crippen LogP contribution in [0.25, 0.3) is 0 Å². The predicted molar refractivity (Wildman–Crippen MR) is 94.6 cm³/mol. The van der Waals surface area contributed by atoms with Gasteiger partial charge in [0.25, 0.3) is 0 Å². The second kappa shape index (κ2) is 8.13. The molecule has 1 saturated heterocycles. The van der Waals surface area contributed by atoms with E-state index in [2.05, 4.69) is 23.5 Å². The molecule has 2 amide bonds. The van der Waals surface area contributed by atoms with Crippen molar-refractivity contribution in [2.75, 3.05) is 19.6 Å². The number of nitrogens with zero attached hydrogens (tertiary/aromatic N) is 1. The van der Waals surface area contributed by atoms with Gasteiger partial charge in [-0.2, -0.15) is 0 Å². The first kappa shape index (κ1) is 16.7. The van der Waals surface area contributed by atoms with Crippen LogP contribution in [0.15, 0.2) is 42.0 Å². The standard InChI is InChI=1S/C20H26N2O2/c23-19(21-12-11-16-7-3-1-4-8-16)15-22-14-18(13-20(22)24)17-9-5-2-6-10-17/h2,5-7,9-10,18H,1,3-4,8,11-15H2,(H,21,23). The van der Waals surface area contributed by atoms with E-state index in [4.69, 9.17) is 0 Å². The van der Waals surface area contributed by atoms with Gasteiger partial charge in [0, 0.05) is 25.4 Å². The number of likely N-dealkylation sites (tertiary alicyclic amines) is 1. The van der Waals surface area contributed by atoms with Crippen molar-refractivity contribution >= 4 is 11.8 Å². The van der Waals surface area contributed by atoms with E-state index in [1.165, 1.54) is 36.8 Å². The molecule has 4 heteroatoms. The van der Waals surface area contributed by atoms with Crippen LogP contribution >= 0.6 is 0 Å². The fourth-order valence-electron chi connectivity index (χ4n) is 3.60. The smallest absolute Gasteiger partial charge is 0.239 e. The maximum Gasteiger partial charge on any atom is 0.239 e. The Bertz CT molecular complexity index is 609. The first-order valence-corrected chi connectivity index (χ1v) is 8.99. The van der Waals surface area contributed by atoms with Crippen LogP contribution in [0.1, 0.15) is 50.0 Å². The molecule has 1 aliphatic carbocycles. The van der Waals surface area contributed by atoms with Gasteiger partial charge in [0.2, 0.25) is 11.8 Å². The highest BCUT2D eigenvalue weighted by molar-refractivity contribution is 5.86. The van der Waals surface area contributed by atoms with Crippen molar-refractivity contribution in [3.63, 3.8) is 0 Å². The van der Waals surface area contributed by atoms with Crippen molar-refractivity contribution in [3.8, 4) is 0 Å². The SMILES string of the molecule is O=C(CN1CC(c2ccccc2)CC1=O)NCCC1=CCCCC1. The van der Waals surface area contributed by atoms with Crippen LogP contribution in [-0.4, -0.2) is 36.3 Å². The van der Waals surface area contributed by atoms with Crippen molar-refractivity contribution < 1.29 is 9.59 Å². The van der Waals surface area contributed by atoms with Gasteiger partial charge in [-0.05, 0) is 37.7 Å². The quantitative estimate of drug-likeness (QED) is 0.817. The van der Waals surface area contributed by atoms with Crippen molar-refractivity contribution in [3.05, 3.63) is 47.5 Å². The number of carbonyl (C=O) groups is 2. The summed E-state index contributed by atoms with van der Waals surface area (Å²) in [6.45, 7) is 1.50. The second-order valence-electron chi connectivity index (χ2n) is 6.79. The van der Waals surface area contributed by atoms with Gasteiger partial charge in [0.05, 0.1) is 6.54 Å². The first-order valence-electron chi connectivity index (χ1n) is 8.99. The molecular formula is C20H26N2O2. The van der Waals surface area contributed by atoms with Crippen molar-refractivity contribution in [2.45, 2.75) is 44.4 Å². The summed E-state index contributed by atoms with van der Waals surface area (Å²) in [6.07, 6.45) is 8.64. The molecule has 1 fully saturated rings. The maximum absolute atomic E-state index is 12.2. The van der Waals surface area contributed by atoms with Crippen molar-refractivity contribution in [1.29, 1.82) is 0 Å². The molecule has 1 aliphatic heterocycles. The molecule has 1 unspecified atom stereocenters. The highest BCUT2D eigenvalue weighted by atomic mass is 16.2. The largest absolute Gasteiger partial charge is 0.354 e. The molecule has 1 heterocycles. The molecule has 0 radical (unpaired) electrons. The van der Waals surface area contributed by atoms with Crippen molar-refractivity contribution in [2.24, 2.45) is 0 Å². The molecule has 0 saturated carbocycles. The van der Waals surface area contributed by atoms with Gasteiger partial charge in [-0.25, -0.2) is 0 Å². The topological polar surface area (TPSA) is 49.4 Å². The molecule has 0 spiro atoms. The molecular weight excluding hydrogens is 300 g/mol. The Labute approximate surface area is 143 Å². The zero-order valence-electron chi connectivity index (χ0n) is 14.2. The highest BCUT2D eigenvalue weighted by Crippen LogP contribution is 2.27. The Kier molecular flexibility index (Phi) is 5.68. The minimum atomic E-state index is -0.0477. The van der Waals surface area contributed by atoms with Crippen LogP contribution < -0.4 is 5.32 Å². The number of hydrogen-bond acceptors (Lipinski definition) is 2. The van der Waals surface area contributed by atoms with E-state index >= 15 is 0 Å². The minimum absolute atomic E-state index is 0.0477. The van der Waals surface area contributed by atoms with Gasteiger partial charge in [0.15, 0.2) is 0 Å². The molecule has 0 aromatic heterocycles. The lowest BCUT2D eigenvalue weighted by atomic mass is 9.97. The van der Waals surface area contributed by atoms with Gasteiger partial charge in [0.1, 0.15) is 0 Å². The summed E-state index contributed by atoms with van der Waals surface area (Å²) in [5.74, 6) is 0.237. The average Bonchev–Trinajstić information content (AvgIpc) is 2.97. The van der Waals surface area contributed by atoms with Crippen LogP contribution in [0.3, 0.4) is 0 Å². The van der Waals surface area contributed by atoms with Gasteiger partial charge < -0.3 is 10.2 Å². The van der Waals surface area contributed by atoms with Gasteiger partial charge in [-0.1, -0.05) is 42.0 Å². The molecule has 24 heavy (non-hydrogen) atoms. The lowest BCUT2D eigenvalue weighted by Crippen LogP contribution is -2.38. The third-order valence-electron chi connectivity index (χ3n) is 4.97. The molecule has 0 bridgehead atoms. The van der Waals surface area contributed by atoms with Gasteiger partial charge in [-0.3, -0.25) is 9.59 Å². The molecule has 2 aliphatic rings. The maximum atomic E-state index is 12.2. The third-order valence-corrected chi connectivity index (χ3v) is 4.97. The second-order valence-corrected chi connectivity index (χ2v) is 6.79. The third kappa shape index (κ3) is 4.47. The molecule has 1 N–H and O–H groups in total. The van der Waals surface area contributed by atoms with Gasteiger partial charge in [-0.15, -0.1) is 0 Å². The van der Waals surface area contributed by atoms with E-state index in [0.717, 1.165) is 6.42 Å². The molecule has 128 valence electrons. The number of allylic oxidation sites excluding steroid dienone is 1. The van der Waals surface area contributed by atoms with Crippen LogP contribution in [0.4, 0.5) is 0 Å².